The van der Waals surface area contributed by atoms with Crippen LogP contribution in [0.3, 0.4) is 0 Å². The molecule has 0 aliphatic heterocycles. The summed E-state index contributed by atoms with van der Waals surface area (Å²) < 4.78 is 10.5. The summed E-state index contributed by atoms with van der Waals surface area (Å²) >= 11 is 0. The maximum absolute atomic E-state index is 12.5. The summed E-state index contributed by atoms with van der Waals surface area (Å²) in [5.74, 6) is -0.969. The third kappa shape index (κ3) is 5.48. The van der Waals surface area contributed by atoms with Crippen molar-refractivity contribution in [2.24, 2.45) is 5.92 Å². The van der Waals surface area contributed by atoms with Gasteiger partial charge in [-0.05, 0) is 37.0 Å². The molecule has 0 heterocycles. The van der Waals surface area contributed by atoms with E-state index in [9.17, 15) is 14.7 Å². The Morgan fingerprint density at radius 1 is 1.11 bits per heavy atom. The molecule has 144 valence electrons. The minimum Gasteiger partial charge on any atom is -0.493 e. The number of ether oxygens (including phenoxy) is 2. The van der Waals surface area contributed by atoms with Crippen LogP contribution in [0.5, 0.6) is 11.5 Å². The highest BCUT2D eigenvalue weighted by Gasteiger charge is 2.20. The first-order valence-corrected chi connectivity index (χ1v) is 8.80. The number of nitrogens with one attached hydrogen (secondary N) is 1. The van der Waals surface area contributed by atoms with Crippen molar-refractivity contribution >= 4 is 17.6 Å². The fraction of sp³-hybridized carbons (Fsp3) is 0.333. The topological polar surface area (TPSA) is 84.9 Å². The number of carbonyl (C=O) groups is 2. The number of methoxy groups -OCH3 is 2. The molecule has 1 atom stereocenters. The van der Waals surface area contributed by atoms with Crippen LogP contribution in [0.1, 0.15) is 35.7 Å². The van der Waals surface area contributed by atoms with Crippen molar-refractivity contribution in [1.29, 1.82) is 0 Å². The molecular weight excluding hydrogens is 346 g/mol. The van der Waals surface area contributed by atoms with Gasteiger partial charge < -0.3 is 19.9 Å². The van der Waals surface area contributed by atoms with Gasteiger partial charge in [-0.15, -0.1) is 0 Å². The quantitative estimate of drug-likeness (QED) is 0.696. The van der Waals surface area contributed by atoms with E-state index in [2.05, 4.69) is 17.4 Å². The Morgan fingerprint density at radius 2 is 1.81 bits per heavy atom. The van der Waals surface area contributed by atoms with E-state index in [1.165, 1.54) is 31.9 Å². The molecule has 0 fully saturated rings. The molecule has 1 amide bonds. The smallest absolute Gasteiger partial charge is 0.335 e. The molecule has 0 spiro atoms. The number of amides is 1. The van der Waals surface area contributed by atoms with Crippen LogP contribution in [0.2, 0.25) is 0 Å². The highest BCUT2D eigenvalue weighted by atomic mass is 16.5. The van der Waals surface area contributed by atoms with Crippen LogP contribution in [0, 0.1) is 5.92 Å². The highest BCUT2D eigenvalue weighted by Crippen LogP contribution is 2.37. The van der Waals surface area contributed by atoms with Gasteiger partial charge in [-0.3, -0.25) is 4.79 Å². The van der Waals surface area contributed by atoms with Gasteiger partial charge in [0, 0.05) is 5.92 Å². The Balaban J connectivity index is 2.04. The molecule has 0 radical (unpaired) electrons. The number of hydrogen-bond acceptors (Lipinski definition) is 4. The molecule has 0 aromatic heterocycles. The van der Waals surface area contributed by atoms with Crippen LogP contribution < -0.4 is 14.8 Å². The number of aryl methyl sites for hydroxylation is 1. The van der Waals surface area contributed by atoms with Gasteiger partial charge in [0.25, 0.3) is 0 Å². The van der Waals surface area contributed by atoms with Gasteiger partial charge in [-0.25, -0.2) is 4.79 Å². The largest absolute Gasteiger partial charge is 0.493 e. The lowest BCUT2D eigenvalue weighted by molar-refractivity contribution is -0.119. The Hall–Kier alpha value is -3.02. The second-order valence-electron chi connectivity index (χ2n) is 6.33. The predicted octanol–water partition coefficient (Wildman–Crippen LogP) is 4.00. The van der Waals surface area contributed by atoms with Crippen LogP contribution in [0.15, 0.2) is 42.5 Å². The number of carbonyl (C=O) groups excluding carboxylic acids is 1. The van der Waals surface area contributed by atoms with Crippen LogP contribution in [0.25, 0.3) is 0 Å². The van der Waals surface area contributed by atoms with Crippen molar-refractivity contribution in [2.75, 3.05) is 19.5 Å². The lowest BCUT2D eigenvalue weighted by atomic mass is 10.00. The zero-order valence-electron chi connectivity index (χ0n) is 15.8. The van der Waals surface area contributed by atoms with Crippen molar-refractivity contribution < 1.29 is 24.2 Å². The molecule has 2 N–H and O–H groups in total. The number of benzene rings is 2. The first-order valence-electron chi connectivity index (χ1n) is 8.80. The Labute approximate surface area is 159 Å². The maximum atomic E-state index is 12.5. The van der Waals surface area contributed by atoms with Gasteiger partial charge in [-0.2, -0.15) is 0 Å². The fourth-order valence-corrected chi connectivity index (χ4v) is 2.82. The number of rotatable bonds is 9. The molecule has 0 saturated heterocycles. The van der Waals surface area contributed by atoms with E-state index in [4.69, 9.17) is 9.47 Å². The number of anilines is 1. The van der Waals surface area contributed by atoms with E-state index in [0.717, 1.165) is 19.3 Å². The third-order valence-corrected chi connectivity index (χ3v) is 4.38. The van der Waals surface area contributed by atoms with E-state index in [-0.39, 0.29) is 28.8 Å². The molecule has 0 aliphatic carbocycles. The van der Waals surface area contributed by atoms with E-state index in [1.54, 1.807) is 0 Å². The molecule has 27 heavy (non-hydrogen) atoms. The molecular formula is C21H25NO5. The standard InChI is InChI=1S/C21H25NO5/c1-14(8-7-11-15-9-5-4-6-10-15)20(23)22-17-12-16(21(24)25)13-18(26-2)19(17)27-3/h4-6,9-10,12-14H,7-8,11H2,1-3H3,(H,22,23)(H,24,25). The van der Waals surface area contributed by atoms with Crippen molar-refractivity contribution in [3.8, 4) is 11.5 Å². The molecule has 2 rings (SSSR count). The molecule has 0 saturated carbocycles. The minimum atomic E-state index is -1.11. The monoisotopic (exact) mass is 371 g/mol. The van der Waals surface area contributed by atoms with E-state index < -0.39 is 5.97 Å². The van der Waals surface area contributed by atoms with Gasteiger partial charge >= 0.3 is 5.97 Å². The van der Waals surface area contributed by atoms with Crippen LogP contribution >= 0.6 is 0 Å². The molecule has 2 aromatic carbocycles. The molecule has 6 nitrogen and oxygen atoms in total. The summed E-state index contributed by atoms with van der Waals surface area (Å²) in [6.07, 6.45) is 2.51. The lowest BCUT2D eigenvalue weighted by Crippen LogP contribution is -2.21. The first kappa shape index (κ1) is 20.3. The van der Waals surface area contributed by atoms with Crippen molar-refractivity contribution in [2.45, 2.75) is 26.2 Å². The Bertz CT molecular complexity index is 789. The van der Waals surface area contributed by atoms with Gasteiger partial charge in [0.05, 0.1) is 25.5 Å². The molecule has 0 aliphatic rings. The van der Waals surface area contributed by atoms with Crippen LogP contribution in [-0.2, 0) is 11.2 Å². The van der Waals surface area contributed by atoms with E-state index in [1.807, 2.05) is 25.1 Å². The Morgan fingerprint density at radius 3 is 2.41 bits per heavy atom. The normalized spacial score (nSPS) is 11.5. The molecule has 1 unspecified atom stereocenters. The first-order chi connectivity index (χ1) is 13.0. The van der Waals surface area contributed by atoms with Crippen molar-refractivity contribution in [3.63, 3.8) is 0 Å². The van der Waals surface area contributed by atoms with E-state index in [0.29, 0.717) is 5.75 Å². The van der Waals surface area contributed by atoms with Gasteiger partial charge in [0.2, 0.25) is 5.91 Å². The summed E-state index contributed by atoms with van der Waals surface area (Å²) in [6.45, 7) is 1.85. The zero-order chi connectivity index (χ0) is 19.8. The van der Waals surface area contributed by atoms with E-state index >= 15 is 0 Å². The number of hydrogen-bond donors (Lipinski definition) is 2. The average Bonchev–Trinajstić information content (AvgIpc) is 2.67. The van der Waals surface area contributed by atoms with Crippen molar-refractivity contribution in [3.05, 3.63) is 53.6 Å². The van der Waals surface area contributed by atoms with Gasteiger partial charge in [-0.1, -0.05) is 37.3 Å². The van der Waals surface area contributed by atoms with Crippen LogP contribution in [0.4, 0.5) is 5.69 Å². The summed E-state index contributed by atoms with van der Waals surface area (Å²) in [7, 11) is 2.86. The maximum Gasteiger partial charge on any atom is 0.335 e. The highest BCUT2D eigenvalue weighted by molar-refractivity contribution is 5.97. The summed E-state index contributed by atoms with van der Waals surface area (Å²) in [4.78, 5) is 23.9. The number of carboxylic acids is 1. The molecule has 6 heteroatoms. The fourth-order valence-electron chi connectivity index (χ4n) is 2.82. The van der Waals surface area contributed by atoms with Crippen LogP contribution in [-0.4, -0.2) is 31.2 Å². The van der Waals surface area contributed by atoms with Gasteiger partial charge in [0.1, 0.15) is 0 Å². The summed E-state index contributed by atoms with van der Waals surface area (Å²) in [5.41, 5.74) is 1.54. The minimum absolute atomic E-state index is 0.0136. The average molecular weight is 371 g/mol. The van der Waals surface area contributed by atoms with Gasteiger partial charge in [0.15, 0.2) is 11.5 Å². The zero-order valence-corrected chi connectivity index (χ0v) is 15.8. The number of carboxylic acid groups (broad SMARTS) is 1. The lowest BCUT2D eigenvalue weighted by Gasteiger charge is -2.17. The third-order valence-electron chi connectivity index (χ3n) is 4.38. The van der Waals surface area contributed by atoms with Crippen molar-refractivity contribution in [1.82, 2.24) is 0 Å². The summed E-state index contributed by atoms with van der Waals surface area (Å²) in [5, 5.41) is 12.0. The summed E-state index contributed by atoms with van der Waals surface area (Å²) in [6, 6.07) is 12.9. The number of aromatic carboxylic acids is 1. The molecule has 0 bridgehead atoms. The molecule has 2 aromatic rings. The predicted molar refractivity (Wildman–Crippen MR) is 104 cm³/mol. The second-order valence-corrected chi connectivity index (χ2v) is 6.33. The Kier molecular flexibility index (Phi) is 7.23. The second kappa shape index (κ2) is 9.62. The SMILES string of the molecule is COc1cc(C(=O)O)cc(NC(=O)C(C)CCCc2ccccc2)c1OC.